The van der Waals surface area contributed by atoms with Crippen molar-refractivity contribution in [2.75, 3.05) is 13.2 Å². The Morgan fingerprint density at radius 2 is 2.39 bits per heavy atom. The van der Waals surface area contributed by atoms with Gasteiger partial charge >= 0.3 is 5.69 Å². The topological polar surface area (TPSA) is 64.4 Å². The molecule has 1 fully saturated rings. The molecule has 18 heavy (non-hydrogen) atoms. The summed E-state index contributed by atoms with van der Waals surface area (Å²) >= 11 is 0. The van der Waals surface area contributed by atoms with Gasteiger partial charge in [-0.2, -0.15) is 4.39 Å². The molecule has 0 aromatic heterocycles. The minimum atomic E-state index is -0.804. The van der Waals surface area contributed by atoms with Crippen molar-refractivity contribution in [1.82, 2.24) is 5.32 Å². The number of ether oxygens (including phenoxy) is 1. The zero-order valence-corrected chi connectivity index (χ0v) is 9.89. The highest BCUT2D eigenvalue weighted by molar-refractivity contribution is 5.36. The maximum atomic E-state index is 13.7. The van der Waals surface area contributed by atoms with E-state index in [2.05, 4.69) is 5.32 Å². The lowest BCUT2D eigenvalue weighted by Crippen LogP contribution is -2.26. The molecule has 6 heteroatoms. The van der Waals surface area contributed by atoms with Gasteiger partial charge < -0.3 is 10.1 Å². The monoisotopic (exact) mass is 254 g/mol. The van der Waals surface area contributed by atoms with Gasteiger partial charge in [0.05, 0.1) is 18.1 Å². The maximum absolute atomic E-state index is 13.7. The van der Waals surface area contributed by atoms with Crippen LogP contribution < -0.4 is 5.32 Å². The number of benzene rings is 1. The zero-order valence-electron chi connectivity index (χ0n) is 9.89. The summed E-state index contributed by atoms with van der Waals surface area (Å²) in [5, 5.41) is 13.8. The minimum Gasteiger partial charge on any atom is -0.375 e. The van der Waals surface area contributed by atoms with Crippen LogP contribution >= 0.6 is 0 Å². The summed E-state index contributed by atoms with van der Waals surface area (Å²) in [5.41, 5.74) is -0.280. The van der Waals surface area contributed by atoms with Crippen LogP contribution in [0.4, 0.5) is 10.1 Å². The first-order valence-corrected chi connectivity index (χ1v) is 5.91. The van der Waals surface area contributed by atoms with Crippen molar-refractivity contribution in [2.45, 2.75) is 25.5 Å². The third-order valence-corrected chi connectivity index (χ3v) is 2.99. The molecule has 1 N–H and O–H groups in total. The van der Waals surface area contributed by atoms with Crippen LogP contribution in [-0.4, -0.2) is 24.1 Å². The summed E-state index contributed by atoms with van der Waals surface area (Å²) < 4.78 is 19.1. The van der Waals surface area contributed by atoms with E-state index in [1.807, 2.05) is 0 Å². The average Bonchev–Trinajstić information content (AvgIpc) is 2.84. The van der Waals surface area contributed by atoms with Crippen molar-refractivity contribution >= 4 is 5.69 Å². The van der Waals surface area contributed by atoms with Crippen LogP contribution in [0.25, 0.3) is 0 Å². The summed E-state index contributed by atoms with van der Waals surface area (Å²) in [7, 11) is 0. The van der Waals surface area contributed by atoms with Crippen molar-refractivity contribution in [2.24, 2.45) is 0 Å². The standard InChI is InChI=1S/C12H15FN2O3/c13-12-9(3-1-5-11(12)15(16)17)7-18-8-10-4-2-6-14-10/h1,3,5,10,14H,2,4,6-8H2. The predicted molar refractivity (Wildman–Crippen MR) is 63.7 cm³/mol. The Bertz CT molecular complexity index is 433. The maximum Gasteiger partial charge on any atom is 0.305 e. The van der Waals surface area contributed by atoms with Crippen LogP contribution in [0.1, 0.15) is 18.4 Å². The van der Waals surface area contributed by atoms with Gasteiger partial charge in [-0.05, 0) is 19.4 Å². The molecule has 1 aliphatic heterocycles. The second-order valence-electron chi connectivity index (χ2n) is 4.32. The molecule has 0 radical (unpaired) electrons. The van der Waals surface area contributed by atoms with Crippen molar-refractivity contribution in [3.8, 4) is 0 Å². The zero-order chi connectivity index (χ0) is 13.0. The van der Waals surface area contributed by atoms with Gasteiger partial charge in [0.25, 0.3) is 0 Å². The van der Waals surface area contributed by atoms with Gasteiger partial charge in [-0.25, -0.2) is 0 Å². The molecular weight excluding hydrogens is 239 g/mol. The summed E-state index contributed by atoms with van der Waals surface area (Å²) in [6, 6.07) is 4.43. The smallest absolute Gasteiger partial charge is 0.305 e. The fraction of sp³-hybridized carbons (Fsp3) is 0.500. The van der Waals surface area contributed by atoms with Gasteiger partial charge in [-0.1, -0.05) is 12.1 Å². The van der Waals surface area contributed by atoms with Gasteiger partial charge in [0, 0.05) is 17.7 Å². The van der Waals surface area contributed by atoms with E-state index in [-0.39, 0.29) is 12.2 Å². The molecule has 1 aromatic carbocycles. The van der Waals surface area contributed by atoms with E-state index in [1.165, 1.54) is 12.1 Å². The van der Waals surface area contributed by atoms with Crippen LogP contribution in [-0.2, 0) is 11.3 Å². The number of hydrogen-bond acceptors (Lipinski definition) is 4. The van der Waals surface area contributed by atoms with E-state index in [0.29, 0.717) is 12.6 Å². The quantitative estimate of drug-likeness (QED) is 0.644. The van der Waals surface area contributed by atoms with Gasteiger partial charge in [-0.3, -0.25) is 10.1 Å². The van der Waals surface area contributed by atoms with Gasteiger partial charge in [0.2, 0.25) is 5.82 Å². The van der Waals surface area contributed by atoms with Crippen molar-refractivity contribution in [1.29, 1.82) is 0 Å². The largest absolute Gasteiger partial charge is 0.375 e. The van der Waals surface area contributed by atoms with Crippen molar-refractivity contribution in [3.05, 3.63) is 39.7 Å². The highest BCUT2D eigenvalue weighted by atomic mass is 19.1. The summed E-state index contributed by atoms with van der Waals surface area (Å²) in [4.78, 5) is 9.85. The molecule has 0 spiro atoms. The van der Waals surface area contributed by atoms with Crippen LogP contribution in [0.3, 0.4) is 0 Å². The van der Waals surface area contributed by atoms with Gasteiger partial charge in [-0.15, -0.1) is 0 Å². The van der Waals surface area contributed by atoms with E-state index >= 15 is 0 Å². The molecular formula is C12H15FN2O3. The number of nitro benzene ring substituents is 1. The molecule has 2 rings (SSSR count). The van der Waals surface area contributed by atoms with Crippen LogP contribution in [0.15, 0.2) is 18.2 Å². The molecule has 1 saturated heterocycles. The highest BCUT2D eigenvalue weighted by Gasteiger charge is 2.18. The molecule has 1 aromatic rings. The molecule has 0 bridgehead atoms. The number of hydrogen-bond donors (Lipinski definition) is 1. The second-order valence-corrected chi connectivity index (χ2v) is 4.32. The lowest BCUT2D eigenvalue weighted by atomic mass is 10.2. The van der Waals surface area contributed by atoms with Gasteiger partial charge in [0.1, 0.15) is 0 Å². The predicted octanol–water partition coefficient (Wildman–Crippen LogP) is 2.00. The fourth-order valence-corrected chi connectivity index (χ4v) is 2.03. The molecule has 1 aliphatic rings. The molecule has 98 valence electrons. The van der Waals surface area contributed by atoms with Crippen LogP contribution in [0.5, 0.6) is 0 Å². The number of halogens is 1. The summed E-state index contributed by atoms with van der Waals surface area (Å²) in [6.07, 6.45) is 2.18. The van der Waals surface area contributed by atoms with E-state index in [4.69, 9.17) is 4.74 Å². The van der Waals surface area contributed by atoms with E-state index in [0.717, 1.165) is 25.5 Å². The van der Waals surface area contributed by atoms with E-state index < -0.39 is 16.4 Å². The molecule has 0 aliphatic carbocycles. The number of rotatable bonds is 5. The van der Waals surface area contributed by atoms with Gasteiger partial charge in [0.15, 0.2) is 0 Å². The van der Waals surface area contributed by atoms with Crippen LogP contribution in [0, 0.1) is 15.9 Å². The SMILES string of the molecule is O=[N+]([O-])c1cccc(COCC2CCCN2)c1F. The summed E-state index contributed by atoms with van der Waals surface area (Å²) in [6.45, 7) is 1.55. The Labute approximate surface area is 104 Å². The first kappa shape index (κ1) is 12.9. The van der Waals surface area contributed by atoms with E-state index in [9.17, 15) is 14.5 Å². The molecule has 0 amide bonds. The Hall–Kier alpha value is -1.53. The minimum absolute atomic E-state index is 0.0612. The third-order valence-electron chi connectivity index (χ3n) is 2.99. The first-order valence-electron chi connectivity index (χ1n) is 5.91. The average molecular weight is 254 g/mol. The third kappa shape index (κ3) is 3.02. The number of nitrogens with one attached hydrogen (secondary N) is 1. The lowest BCUT2D eigenvalue weighted by molar-refractivity contribution is -0.387. The lowest BCUT2D eigenvalue weighted by Gasteiger charge is -2.11. The Kier molecular flexibility index (Phi) is 4.22. The van der Waals surface area contributed by atoms with Crippen LogP contribution in [0.2, 0.25) is 0 Å². The van der Waals surface area contributed by atoms with Crippen molar-refractivity contribution in [3.63, 3.8) is 0 Å². The Balaban J connectivity index is 1.92. The van der Waals surface area contributed by atoms with Crippen molar-refractivity contribution < 1.29 is 14.1 Å². The number of nitrogens with zero attached hydrogens (tertiary/aromatic N) is 1. The van der Waals surface area contributed by atoms with E-state index in [1.54, 1.807) is 0 Å². The first-order chi connectivity index (χ1) is 8.68. The molecule has 1 unspecified atom stereocenters. The Morgan fingerprint density at radius 1 is 1.56 bits per heavy atom. The molecule has 1 heterocycles. The molecule has 5 nitrogen and oxygen atoms in total. The normalized spacial score (nSPS) is 19.1. The molecule has 1 atom stereocenters. The summed E-state index contributed by atoms with van der Waals surface area (Å²) in [5.74, 6) is -0.804. The Morgan fingerprint density at radius 3 is 3.06 bits per heavy atom. The number of nitro groups is 1. The molecule has 0 saturated carbocycles. The highest BCUT2D eigenvalue weighted by Crippen LogP contribution is 2.20. The second kappa shape index (κ2) is 5.88. The fourth-order valence-electron chi connectivity index (χ4n) is 2.03.